The van der Waals surface area contributed by atoms with E-state index in [0.29, 0.717) is 5.02 Å². The molecule has 2 nitrogen and oxygen atoms in total. The highest BCUT2D eigenvalue weighted by atomic mass is 35.5. The Morgan fingerprint density at radius 2 is 1.75 bits per heavy atom. The van der Waals surface area contributed by atoms with Crippen LogP contribution < -0.4 is 10.5 Å². The number of ether oxygens (including phenoxy) is 1. The van der Waals surface area contributed by atoms with Crippen molar-refractivity contribution in [2.75, 3.05) is 0 Å². The molecule has 0 saturated carbocycles. The number of hydrogen-bond acceptors (Lipinski definition) is 2. The fourth-order valence-corrected chi connectivity index (χ4v) is 2.00. The maximum atomic E-state index is 12.3. The number of alkyl halides is 3. The summed E-state index contributed by atoms with van der Waals surface area (Å²) >= 11 is 5.89. The lowest BCUT2D eigenvalue weighted by molar-refractivity contribution is -0.274. The van der Waals surface area contributed by atoms with E-state index < -0.39 is 6.36 Å². The topological polar surface area (TPSA) is 35.2 Å². The first kappa shape index (κ1) is 14.7. The van der Waals surface area contributed by atoms with Gasteiger partial charge in [0, 0.05) is 17.1 Å². The maximum Gasteiger partial charge on any atom is 0.573 e. The maximum absolute atomic E-state index is 12.3. The zero-order valence-electron chi connectivity index (χ0n) is 10.2. The molecular formula is C14H11ClF3NO. The molecule has 0 amide bonds. The van der Waals surface area contributed by atoms with Gasteiger partial charge in [0.1, 0.15) is 5.75 Å². The lowest BCUT2D eigenvalue weighted by Gasteiger charge is -2.13. The molecule has 0 aliphatic carbocycles. The van der Waals surface area contributed by atoms with E-state index in [4.69, 9.17) is 17.3 Å². The first-order valence-corrected chi connectivity index (χ1v) is 6.11. The summed E-state index contributed by atoms with van der Waals surface area (Å²) in [6, 6.07) is 11.4. The van der Waals surface area contributed by atoms with Crippen LogP contribution in [0.15, 0.2) is 42.5 Å². The van der Waals surface area contributed by atoms with E-state index in [0.717, 1.165) is 11.1 Å². The van der Waals surface area contributed by atoms with Crippen molar-refractivity contribution in [2.24, 2.45) is 5.73 Å². The molecule has 0 bridgehead atoms. The Kier molecular flexibility index (Phi) is 4.20. The van der Waals surface area contributed by atoms with E-state index in [1.54, 1.807) is 24.3 Å². The van der Waals surface area contributed by atoms with E-state index in [-0.39, 0.29) is 17.9 Å². The molecule has 0 spiro atoms. The van der Waals surface area contributed by atoms with Crippen molar-refractivity contribution < 1.29 is 17.9 Å². The minimum absolute atomic E-state index is 0.0557. The van der Waals surface area contributed by atoms with Gasteiger partial charge >= 0.3 is 6.36 Å². The molecule has 0 radical (unpaired) electrons. The SMILES string of the molecule is NCc1cc(-c2cccc(Cl)c2)ccc1OC(F)(F)F. The number of nitrogens with two attached hydrogens (primary N) is 1. The second-order valence-corrected chi connectivity index (χ2v) is 4.52. The predicted octanol–water partition coefficient (Wildman–Crippen LogP) is 4.36. The third kappa shape index (κ3) is 3.65. The van der Waals surface area contributed by atoms with Crippen molar-refractivity contribution >= 4 is 11.6 Å². The van der Waals surface area contributed by atoms with E-state index >= 15 is 0 Å². The Morgan fingerprint density at radius 3 is 2.35 bits per heavy atom. The second-order valence-electron chi connectivity index (χ2n) is 4.08. The number of halogens is 4. The summed E-state index contributed by atoms with van der Waals surface area (Å²) in [5.74, 6) is -0.286. The molecule has 0 fully saturated rings. The number of rotatable bonds is 3. The third-order valence-corrected chi connectivity index (χ3v) is 2.90. The van der Waals surface area contributed by atoms with Crippen LogP contribution in [-0.4, -0.2) is 6.36 Å². The molecule has 6 heteroatoms. The van der Waals surface area contributed by atoms with E-state index in [1.807, 2.05) is 6.07 Å². The molecule has 2 rings (SSSR count). The van der Waals surface area contributed by atoms with Gasteiger partial charge < -0.3 is 10.5 Å². The Bertz CT molecular complexity index is 614. The van der Waals surface area contributed by atoms with Crippen LogP contribution in [0.25, 0.3) is 11.1 Å². The molecule has 2 aromatic carbocycles. The summed E-state index contributed by atoms with van der Waals surface area (Å²) in [5, 5.41) is 0.549. The van der Waals surface area contributed by atoms with Crippen LogP contribution in [0.2, 0.25) is 5.02 Å². The van der Waals surface area contributed by atoms with Gasteiger partial charge in [-0.25, -0.2) is 0 Å². The summed E-state index contributed by atoms with van der Waals surface area (Å²) in [5.41, 5.74) is 7.27. The van der Waals surface area contributed by atoms with Gasteiger partial charge in [0.25, 0.3) is 0 Å². The largest absolute Gasteiger partial charge is 0.573 e. The fourth-order valence-electron chi connectivity index (χ4n) is 1.81. The van der Waals surface area contributed by atoms with Gasteiger partial charge in [0.2, 0.25) is 0 Å². The third-order valence-electron chi connectivity index (χ3n) is 2.66. The average Bonchev–Trinajstić information content (AvgIpc) is 2.37. The number of hydrogen-bond donors (Lipinski definition) is 1. The van der Waals surface area contributed by atoms with E-state index in [1.165, 1.54) is 12.1 Å². The van der Waals surface area contributed by atoms with Crippen molar-refractivity contribution in [3.63, 3.8) is 0 Å². The molecule has 106 valence electrons. The lowest BCUT2D eigenvalue weighted by atomic mass is 10.0. The van der Waals surface area contributed by atoms with Crippen molar-refractivity contribution in [1.82, 2.24) is 0 Å². The summed E-state index contributed by atoms with van der Waals surface area (Å²) in [6.45, 7) is -0.0557. The normalized spacial score (nSPS) is 11.4. The highest BCUT2D eigenvalue weighted by molar-refractivity contribution is 6.30. The van der Waals surface area contributed by atoms with E-state index in [2.05, 4.69) is 4.74 Å². The minimum Gasteiger partial charge on any atom is -0.405 e. The smallest absolute Gasteiger partial charge is 0.405 e. The monoisotopic (exact) mass is 301 g/mol. The lowest BCUT2D eigenvalue weighted by Crippen LogP contribution is -2.18. The van der Waals surface area contributed by atoms with E-state index in [9.17, 15) is 13.2 Å². The van der Waals surface area contributed by atoms with Gasteiger partial charge in [-0.05, 0) is 35.4 Å². The van der Waals surface area contributed by atoms with Crippen LogP contribution in [0, 0.1) is 0 Å². The zero-order valence-corrected chi connectivity index (χ0v) is 11.0. The molecule has 0 atom stereocenters. The molecule has 0 aliphatic rings. The number of benzene rings is 2. The van der Waals surface area contributed by atoms with Gasteiger partial charge in [0.15, 0.2) is 0 Å². The molecule has 20 heavy (non-hydrogen) atoms. The molecule has 0 unspecified atom stereocenters. The summed E-state index contributed by atoms with van der Waals surface area (Å²) < 4.78 is 40.7. The first-order chi connectivity index (χ1) is 9.39. The average molecular weight is 302 g/mol. The Labute approximate surface area is 118 Å². The Morgan fingerprint density at radius 1 is 1.05 bits per heavy atom. The molecule has 0 aromatic heterocycles. The summed E-state index contributed by atoms with van der Waals surface area (Å²) in [4.78, 5) is 0. The van der Waals surface area contributed by atoms with Gasteiger partial charge in [-0.3, -0.25) is 0 Å². The van der Waals surface area contributed by atoms with Crippen molar-refractivity contribution in [1.29, 1.82) is 0 Å². The predicted molar refractivity (Wildman–Crippen MR) is 71.5 cm³/mol. The Balaban J connectivity index is 2.39. The van der Waals surface area contributed by atoms with Gasteiger partial charge in [-0.1, -0.05) is 29.8 Å². The minimum atomic E-state index is -4.73. The van der Waals surface area contributed by atoms with Crippen molar-refractivity contribution in [3.8, 4) is 16.9 Å². The molecule has 0 aliphatic heterocycles. The molecule has 0 saturated heterocycles. The highest BCUT2D eigenvalue weighted by Crippen LogP contribution is 2.31. The van der Waals surface area contributed by atoms with Gasteiger partial charge in [-0.2, -0.15) is 0 Å². The van der Waals surface area contributed by atoms with Crippen molar-refractivity contribution in [2.45, 2.75) is 12.9 Å². The quantitative estimate of drug-likeness (QED) is 0.914. The van der Waals surface area contributed by atoms with Gasteiger partial charge in [-0.15, -0.1) is 13.2 Å². The van der Waals surface area contributed by atoms with Crippen molar-refractivity contribution in [3.05, 3.63) is 53.1 Å². The van der Waals surface area contributed by atoms with Crippen LogP contribution in [0.5, 0.6) is 5.75 Å². The van der Waals surface area contributed by atoms with Crippen LogP contribution in [0.3, 0.4) is 0 Å². The highest BCUT2D eigenvalue weighted by Gasteiger charge is 2.32. The molecule has 0 heterocycles. The van der Waals surface area contributed by atoms with Crippen LogP contribution >= 0.6 is 11.6 Å². The first-order valence-electron chi connectivity index (χ1n) is 5.74. The summed E-state index contributed by atoms with van der Waals surface area (Å²) in [6.07, 6.45) is -4.73. The Hall–Kier alpha value is -1.72. The van der Waals surface area contributed by atoms with Crippen LogP contribution in [-0.2, 0) is 6.54 Å². The van der Waals surface area contributed by atoms with Gasteiger partial charge in [0.05, 0.1) is 0 Å². The van der Waals surface area contributed by atoms with Crippen LogP contribution in [0.4, 0.5) is 13.2 Å². The standard InChI is InChI=1S/C14H11ClF3NO/c15-12-3-1-2-9(7-12)10-4-5-13(11(6-10)8-19)20-14(16,17)18/h1-7H,8,19H2. The zero-order chi connectivity index (χ0) is 14.8. The molecular weight excluding hydrogens is 291 g/mol. The fraction of sp³-hybridized carbons (Fsp3) is 0.143. The molecule has 2 N–H and O–H groups in total. The molecule has 2 aromatic rings. The van der Waals surface area contributed by atoms with Crippen LogP contribution in [0.1, 0.15) is 5.56 Å². The second kappa shape index (κ2) is 5.73. The summed E-state index contributed by atoms with van der Waals surface area (Å²) in [7, 11) is 0.